The Morgan fingerprint density at radius 3 is 2.52 bits per heavy atom. The number of rotatable bonds is 5. The van der Waals surface area contributed by atoms with Crippen LogP contribution >= 0.6 is 0 Å². The molecule has 1 amide bonds. The number of aromatic nitrogens is 1. The summed E-state index contributed by atoms with van der Waals surface area (Å²) in [6.07, 6.45) is 0. The summed E-state index contributed by atoms with van der Waals surface area (Å²) in [6, 6.07) is 16.0. The van der Waals surface area contributed by atoms with Crippen LogP contribution < -0.4 is 25.1 Å². The molecular weight excluding hydrogens is 372 g/mol. The zero-order valence-corrected chi connectivity index (χ0v) is 15.9. The second-order valence-corrected chi connectivity index (χ2v) is 6.50. The van der Waals surface area contributed by atoms with Crippen molar-refractivity contribution in [3.05, 3.63) is 76.1 Å². The van der Waals surface area contributed by atoms with E-state index in [4.69, 9.17) is 14.2 Å². The van der Waals surface area contributed by atoms with E-state index < -0.39 is 11.5 Å². The SMILES string of the molecule is COc1ccc(-c2ccc(C(=O)NCc3ccc4c(c3)OCCO4)c(=O)[nH]2)cc1. The van der Waals surface area contributed by atoms with Crippen molar-refractivity contribution >= 4 is 5.91 Å². The number of methoxy groups -OCH3 is 1. The highest BCUT2D eigenvalue weighted by atomic mass is 16.6. The molecule has 0 bridgehead atoms. The number of nitrogens with one attached hydrogen (secondary N) is 2. The van der Waals surface area contributed by atoms with Crippen LogP contribution in [0.2, 0.25) is 0 Å². The van der Waals surface area contributed by atoms with Crippen molar-refractivity contribution in [2.24, 2.45) is 0 Å². The van der Waals surface area contributed by atoms with Gasteiger partial charge in [0.2, 0.25) is 0 Å². The lowest BCUT2D eigenvalue weighted by Gasteiger charge is -2.18. The van der Waals surface area contributed by atoms with Crippen LogP contribution in [0.4, 0.5) is 0 Å². The summed E-state index contributed by atoms with van der Waals surface area (Å²) in [6.45, 7) is 1.30. The molecule has 2 N–H and O–H groups in total. The molecule has 0 radical (unpaired) electrons. The van der Waals surface area contributed by atoms with E-state index in [-0.39, 0.29) is 12.1 Å². The summed E-state index contributed by atoms with van der Waals surface area (Å²) in [5, 5.41) is 2.77. The summed E-state index contributed by atoms with van der Waals surface area (Å²) in [4.78, 5) is 27.6. The molecule has 1 aliphatic rings. The van der Waals surface area contributed by atoms with Gasteiger partial charge < -0.3 is 24.5 Å². The smallest absolute Gasteiger partial charge is 0.261 e. The minimum Gasteiger partial charge on any atom is -0.497 e. The van der Waals surface area contributed by atoms with Crippen molar-refractivity contribution < 1.29 is 19.0 Å². The summed E-state index contributed by atoms with van der Waals surface area (Å²) < 4.78 is 16.2. The highest BCUT2D eigenvalue weighted by Crippen LogP contribution is 2.30. The average Bonchev–Trinajstić information content (AvgIpc) is 2.77. The molecule has 2 aromatic carbocycles. The highest BCUT2D eigenvalue weighted by molar-refractivity contribution is 5.94. The zero-order chi connectivity index (χ0) is 20.2. The Labute approximate surface area is 167 Å². The third-order valence-corrected chi connectivity index (χ3v) is 4.61. The van der Waals surface area contributed by atoms with Gasteiger partial charge in [-0.2, -0.15) is 0 Å². The molecule has 0 aliphatic carbocycles. The van der Waals surface area contributed by atoms with Crippen molar-refractivity contribution in [3.63, 3.8) is 0 Å². The Hall–Kier alpha value is -3.74. The zero-order valence-electron chi connectivity index (χ0n) is 15.9. The maximum Gasteiger partial charge on any atom is 0.261 e. The van der Waals surface area contributed by atoms with E-state index in [9.17, 15) is 9.59 Å². The minimum absolute atomic E-state index is 0.0554. The molecule has 148 valence electrons. The Balaban J connectivity index is 1.45. The lowest BCUT2D eigenvalue weighted by atomic mass is 10.1. The summed E-state index contributed by atoms with van der Waals surface area (Å²) >= 11 is 0. The van der Waals surface area contributed by atoms with Crippen LogP contribution in [0.25, 0.3) is 11.3 Å². The maximum absolute atomic E-state index is 12.5. The van der Waals surface area contributed by atoms with E-state index in [1.54, 1.807) is 13.2 Å². The second-order valence-electron chi connectivity index (χ2n) is 6.50. The number of hydrogen-bond donors (Lipinski definition) is 2. The molecule has 0 spiro atoms. The van der Waals surface area contributed by atoms with Crippen molar-refractivity contribution in [3.8, 4) is 28.5 Å². The van der Waals surface area contributed by atoms with Gasteiger partial charge in [-0.3, -0.25) is 9.59 Å². The predicted octanol–water partition coefficient (Wildman–Crippen LogP) is 2.75. The van der Waals surface area contributed by atoms with Crippen molar-refractivity contribution in [2.45, 2.75) is 6.54 Å². The monoisotopic (exact) mass is 392 g/mol. The average molecular weight is 392 g/mol. The number of carbonyl (C=O) groups is 1. The van der Waals surface area contributed by atoms with E-state index in [1.807, 2.05) is 42.5 Å². The molecule has 7 nitrogen and oxygen atoms in total. The largest absolute Gasteiger partial charge is 0.497 e. The lowest BCUT2D eigenvalue weighted by molar-refractivity contribution is 0.0949. The lowest BCUT2D eigenvalue weighted by Crippen LogP contribution is -2.29. The van der Waals surface area contributed by atoms with E-state index in [2.05, 4.69) is 10.3 Å². The first kappa shape index (κ1) is 18.6. The molecule has 0 saturated carbocycles. The van der Waals surface area contributed by atoms with E-state index in [0.717, 1.165) is 16.9 Å². The molecule has 0 atom stereocenters. The molecule has 7 heteroatoms. The summed E-state index contributed by atoms with van der Waals surface area (Å²) in [7, 11) is 1.59. The van der Waals surface area contributed by atoms with Crippen LogP contribution in [0.15, 0.2) is 59.4 Å². The van der Waals surface area contributed by atoms with Gasteiger partial charge in [-0.15, -0.1) is 0 Å². The maximum atomic E-state index is 12.5. The van der Waals surface area contributed by atoms with Gasteiger partial charge in [0, 0.05) is 12.2 Å². The first-order valence-electron chi connectivity index (χ1n) is 9.18. The van der Waals surface area contributed by atoms with E-state index >= 15 is 0 Å². The topological polar surface area (TPSA) is 89.7 Å². The molecule has 0 unspecified atom stereocenters. The Kier molecular flexibility index (Phi) is 5.20. The third-order valence-electron chi connectivity index (χ3n) is 4.61. The van der Waals surface area contributed by atoms with Gasteiger partial charge in [0.15, 0.2) is 11.5 Å². The Morgan fingerprint density at radius 2 is 1.79 bits per heavy atom. The number of pyridine rings is 1. The third kappa shape index (κ3) is 4.08. The molecule has 2 heterocycles. The molecule has 3 aromatic rings. The Bertz CT molecular complexity index is 1090. The fourth-order valence-corrected chi connectivity index (χ4v) is 3.07. The molecule has 1 aliphatic heterocycles. The molecular formula is C22H20N2O5. The van der Waals surface area contributed by atoms with Crippen molar-refractivity contribution in [1.82, 2.24) is 10.3 Å². The quantitative estimate of drug-likeness (QED) is 0.697. The first-order chi connectivity index (χ1) is 14.1. The highest BCUT2D eigenvalue weighted by Gasteiger charge is 2.14. The fourth-order valence-electron chi connectivity index (χ4n) is 3.07. The van der Waals surface area contributed by atoms with Gasteiger partial charge >= 0.3 is 0 Å². The number of amides is 1. The van der Waals surface area contributed by atoms with Crippen LogP contribution in [0.3, 0.4) is 0 Å². The number of H-pyrrole nitrogens is 1. The number of aromatic amines is 1. The van der Waals surface area contributed by atoms with Gasteiger partial charge in [0.25, 0.3) is 11.5 Å². The molecule has 0 fully saturated rings. The molecule has 4 rings (SSSR count). The molecule has 0 saturated heterocycles. The number of hydrogen-bond acceptors (Lipinski definition) is 5. The number of carbonyl (C=O) groups excluding carboxylic acids is 1. The molecule has 1 aromatic heterocycles. The van der Waals surface area contributed by atoms with Gasteiger partial charge in [-0.25, -0.2) is 0 Å². The van der Waals surface area contributed by atoms with E-state index in [0.29, 0.717) is 30.4 Å². The van der Waals surface area contributed by atoms with Crippen LogP contribution in [0.5, 0.6) is 17.2 Å². The Morgan fingerprint density at radius 1 is 1.03 bits per heavy atom. The van der Waals surface area contributed by atoms with Gasteiger partial charge in [0.1, 0.15) is 24.5 Å². The van der Waals surface area contributed by atoms with Crippen LogP contribution in [0, 0.1) is 0 Å². The van der Waals surface area contributed by atoms with Gasteiger partial charge in [-0.05, 0) is 59.7 Å². The standard InChI is InChI=1S/C22H20N2O5/c1-27-16-5-3-15(4-6-16)18-8-7-17(22(26)24-18)21(25)23-13-14-2-9-19-20(12-14)29-11-10-28-19/h2-9,12H,10-11,13H2,1H3,(H,23,25)(H,24,26). The van der Waals surface area contributed by atoms with Crippen LogP contribution in [-0.2, 0) is 6.54 Å². The fraction of sp³-hybridized carbons (Fsp3) is 0.182. The summed E-state index contributed by atoms with van der Waals surface area (Å²) in [5.41, 5.74) is 1.92. The van der Waals surface area contributed by atoms with Gasteiger partial charge in [-0.1, -0.05) is 6.07 Å². The van der Waals surface area contributed by atoms with Gasteiger partial charge in [0.05, 0.1) is 7.11 Å². The van der Waals surface area contributed by atoms with Crippen molar-refractivity contribution in [2.75, 3.05) is 20.3 Å². The van der Waals surface area contributed by atoms with E-state index in [1.165, 1.54) is 6.07 Å². The number of benzene rings is 2. The van der Waals surface area contributed by atoms with Crippen LogP contribution in [-0.4, -0.2) is 31.2 Å². The second kappa shape index (κ2) is 8.10. The van der Waals surface area contributed by atoms with Crippen LogP contribution in [0.1, 0.15) is 15.9 Å². The predicted molar refractivity (Wildman–Crippen MR) is 108 cm³/mol. The first-order valence-corrected chi connectivity index (χ1v) is 9.18. The minimum atomic E-state index is -0.446. The van der Waals surface area contributed by atoms with Crippen molar-refractivity contribution in [1.29, 1.82) is 0 Å². The molecule has 29 heavy (non-hydrogen) atoms. The normalized spacial score (nSPS) is 12.3. The summed E-state index contributed by atoms with van der Waals surface area (Å²) in [5.74, 6) is 1.63. The number of fused-ring (bicyclic) bond motifs is 1. The number of ether oxygens (including phenoxy) is 3.